The summed E-state index contributed by atoms with van der Waals surface area (Å²) in [7, 11) is 1.58. The summed E-state index contributed by atoms with van der Waals surface area (Å²) in [6.07, 6.45) is 10.1. The fourth-order valence-electron chi connectivity index (χ4n) is 6.06. The second-order valence-electron chi connectivity index (χ2n) is 10.4. The Morgan fingerprint density at radius 3 is 2.49 bits per heavy atom. The third kappa shape index (κ3) is 6.05. The van der Waals surface area contributed by atoms with Crippen LogP contribution in [0.4, 0.5) is 0 Å². The zero-order valence-corrected chi connectivity index (χ0v) is 22.1. The molecule has 2 saturated heterocycles. The smallest absolute Gasteiger partial charge is 0.246 e. The number of ether oxygens (including phenoxy) is 1. The number of halogens is 1. The minimum absolute atomic E-state index is 0. The molecule has 196 valence electrons. The van der Waals surface area contributed by atoms with Crippen molar-refractivity contribution < 1.29 is 19.4 Å². The quantitative estimate of drug-likeness (QED) is 0.549. The second kappa shape index (κ2) is 12.3. The summed E-state index contributed by atoms with van der Waals surface area (Å²) in [5.74, 6) is 1.56. The number of aromatic hydroxyl groups is 1. The number of methoxy groups -OCH3 is 1. The molecule has 1 aliphatic carbocycles. The molecule has 2 aliphatic heterocycles. The maximum absolute atomic E-state index is 13.7. The standard InChI is InChI=1S/C27H41N3O4.ClH/c1-3-4-14-30-25(32)23(17-20-8-6-5-7-9-20)28-26(33)27(30)12-15-29(16-13-27)19-21-10-11-22(34-2)18-24(21)31;/h10-11,18,20,23,31H,3-9,12-17,19H2,1-2H3,(H,28,33);1H. The largest absolute Gasteiger partial charge is 0.507 e. The van der Waals surface area contributed by atoms with Gasteiger partial charge in [0.05, 0.1) is 7.11 Å². The lowest BCUT2D eigenvalue weighted by atomic mass is 9.79. The second-order valence-corrected chi connectivity index (χ2v) is 10.4. The van der Waals surface area contributed by atoms with Crippen molar-refractivity contribution >= 4 is 24.2 Å². The summed E-state index contributed by atoms with van der Waals surface area (Å²) in [5, 5.41) is 13.5. The number of nitrogens with one attached hydrogen (secondary N) is 1. The summed E-state index contributed by atoms with van der Waals surface area (Å²) >= 11 is 0. The molecular weight excluding hydrogens is 466 g/mol. The lowest BCUT2D eigenvalue weighted by molar-refractivity contribution is -0.162. The maximum Gasteiger partial charge on any atom is 0.246 e. The lowest BCUT2D eigenvalue weighted by Gasteiger charge is -2.52. The molecule has 4 rings (SSSR count). The van der Waals surface area contributed by atoms with Crippen LogP contribution in [0.1, 0.15) is 76.7 Å². The number of phenolic OH excluding ortho intramolecular Hbond substituents is 1. The fraction of sp³-hybridized carbons (Fsp3) is 0.704. The number of carbonyl (C=O) groups is 2. The van der Waals surface area contributed by atoms with Crippen LogP contribution < -0.4 is 10.1 Å². The van der Waals surface area contributed by atoms with E-state index in [1.807, 2.05) is 17.0 Å². The van der Waals surface area contributed by atoms with Gasteiger partial charge in [-0.3, -0.25) is 14.5 Å². The highest BCUT2D eigenvalue weighted by Crippen LogP contribution is 2.36. The average molecular weight is 508 g/mol. The van der Waals surface area contributed by atoms with Gasteiger partial charge in [-0.05, 0) is 37.7 Å². The first-order valence-electron chi connectivity index (χ1n) is 13.2. The number of carbonyl (C=O) groups excluding carboxylic acids is 2. The number of benzene rings is 1. The summed E-state index contributed by atoms with van der Waals surface area (Å²) in [5.41, 5.74) is 0.102. The van der Waals surface area contributed by atoms with Gasteiger partial charge in [-0.2, -0.15) is 0 Å². The van der Waals surface area contributed by atoms with E-state index >= 15 is 0 Å². The van der Waals surface area contributed by atoms with Crippen molar-refractivity contribution in [1.82, 2.24) is 15.1 Å². The van der Waals surface area contributed by atoms with E-state index in [1.165, 1.54) is 32.1 Å². The van der Waals surface area contributed by atoms with Crippen molar-refractivity contribution in [1.29, 1.82) is 0 Å². The van der Waals surface area contributed by atoms with Gasteiger partial charge in [-0.15, -0.1) is 12.4 Å². The number of amides is 2. The summed E-state index contributed by atoms with van der Waals surface area (Å²) in [6, 6.07) is 5.01. The van der Waals surface area contributed by atoms with Crippen molar-refractivity contribution in [3.63, 3.8) is 0 Å². The molecule has 0 bridgehead atoms. The SMILES string of the molecule is CCCCN1C(=O)C(CC2CCCCC2)NC(=O)C12CCN(Cc1ccc(OC)cc1O)CC2.Cl. The van der Waals surface area contributed by atoms with Crippen molar-refractivity contribution in [2.24, 2.45) is 5.92 Å². The summed E-state index contributed by atoms with van der Waals surface area (Å²) in [6.45, 7) is 4.82. The van der Waals surface area contributed by atoms with Crippen LogP contribution >= 0.6 is 12.4 Å². The molecule has 8 heteroatoms. The van der Waals surface area contributed by atoms with Gasteiger partial charge in [-0.25, -0.2) is 0 Å². The van der Waals surface area contributed by atoms with Gasteiger partial charge >= 0.3 is 0 Å². The molecule has 2 heterocycles. The van der Waals surface area contributed by atoms with Crippen LogP contribution in [-0.4, -0.2) is 65.0 Å². The van der Waals surface area contributed by atoms with E-state index in [0.717, 1.165) is 24.8 Å². The number of likely N-dealkylation sites (tertiary alicyclic amines) is 1. The monoisotopic (exact) mass is 507 g/mol. The predicted molar refractivity (Wildman–Crippen MR) is 139 cm³/mol. The first-order chi connectivity index (χ1) is 16.5. The first kappa shape index (κ1) is 27.6. The van der Waals surface area contributed by atoms with E-state index in [4.69, 9.17) is 4.74 Å². The molecule has 35 heavy (non-hydrogen) atoms. The molecule has 2 amide bonds. The van der Waals surface area contributed by atoms with Gasteiger partial charge in [0, 0.05) is 37.8 Å². The topological polar surface area (TPSA) is 82.1 Å². The average Bonchev–Trinajstić information content (AvgIpc) is 2.85. The molecule has 1 spiro atoms. The minimum Gasteiger partial charge on any atom is -0.507 e. The predicted octanol–water partition coefficient (Wildman–Crippen LogP) is 4.25. The Balaban J connectivity index is 0.00000342. The number of piperidine rings is 1. The number of piperazine rings is 1. The molecule has 3 aliphatic rings. The number of rotatable bonds is 8. The third-order valence-electron chi connectivity index (χ3n) is 8.21. The van der Waals surface area contributed by atoms with Gasteiger partial charge in [0.1, 0.15) is 23.1 Å². The molecule has 7 nitrogen and oxygen atoms in total. The lowest BCUT2D eigenvalue weighted by Crippen LogP contribution is -2.73. The van der Waals surface area contributed by atoms with Crippen molar-refractivity contribution in [2.45, 2.75) is 89.3 Å². The van der Waals surface area contributed by atoms with Gasteiger partial charge in [0.15, 0.2) is 0 Å². The highest BCUT2D eigenvalue weighted by Gasteiger charge is 2.53. The van der Waals surface area contributed by atoms with Crippen molar-refractivity contribution in [3.8, 4) is 11.5 Å². The van der Waals surface area contributed by atoms with Crippen LogP contribution in [0.5, 0.6) is 11.5 Å². The van der Waals surface area contributed by atoms with E-state index < -0.39 is 5.54 Å². The Kier molecular flexibility index (Phi) is 9.70. The molecule has 1 unspecified atom stereocenters. The molecule has 1 aromatic carbocycles. The highest BCUT2D eigenvalue weighted by molar-refractivity contribution is 6.00. The van der Waals surface area contributed by atoms with Crippen LogP contribution in [0, 0.1) is 5.92 Å². The molecule has 0 aromatic heterocycles. The number of hydrogen-bond acceptors (Lipinski definition) is 5. The highest BCUT2D eigenvalue weighted by atomic mass is 35.5. The fourth-order valence-corrected chi connectivity index (χ4v) is 6.06. The molecule has 1 aromatic rings. The van der Waals surface area contributed by atoms with E-state index in [9.17, 15) is 14.7 Å². The molecule has 0 radical (unpaired) electrons. The number of phenols is 1. The number of unbranched alkanes of at least 4 members (excludes halogenated alkanes) is 1. The van der Waals surface area contributed by atoms with Crippen LogP contribution in [0.2, 0.25) is 0 Å². The summed E-state index contributed by atoms with van der Waals surface area (Å²) < 4.78 is 5.18. The van der Waals surface area contributed by atoms with E-state index in [2.05, 4.69) is 17.1 Å². The van der Waals surface area contributed by atoms with E-state index in [-0.39, 0.29) is 36.0 Å². The van der Waals surface area contributed by atoms with Crippen molar-refractivity contribution in [2.75, 3.05) is 26.7 Å². The maximum atomic E-state index is 13.7. The molecule has 3 fully saturated rings. The number of nitrogens with zero attached hydrogens (tertiary/aromatic N) is 2. The van der Waals surface area contributed by atoms with E-state index in [1.54, 1.807) is 13.2 Å². The Morgan fingerprint density at radius 1 is 1.14 bits per heavy atom. The molecular formula is C27H42ClN3O4. The van der Waals surface area contributed by atoms with Gasteiger partial charge in [0.25, 0.3) is 0 Å². The minimum atomic E-state index is -0.742. The van der Waals surface area contributed by atoms with Crippen LogP contribution in [0.25, 0.3) is 0 Å². The first-order valence-corrected chi connectivity index (χ1v) is 13.2. The Hall–Kier alpha value is -1.99. The third-order valence-corrected chi connectivity index (χ3v) is 8.21. The van der Waals surface area contributed by atoms with Crippen LogP contribution in [0.15, 0.2) is 18.2 Å². The zero-order chi connectivity index (χ0) is 24.1. The van der Waals surface area contributed by atoms with Crippen molar-refractivity contribution in [3.05, 3.63) is 23.8 Å². The van der Waals surface area contributed by atoms with E-state index in [0.29, 0.717) is 50.7 Å². The molecule has 2 N–H and O–H groups in total. The Morgan fingerprint density at radius 2 is 1.86 bits per heavy atom. The normalized spacial score (nSPS) is 23.1. The molecule has 1 saturated carbocycles. The zero-order valence-electron chi connectivity index (χ0n) is 21.3. The Bertz CT molecular complexity index is 866. The Labute approximate surface area is 216 Å². The van der Waals surface area contributed by atoms with Gasteiger partial charge in [-0.1, -0.05) is 51.5 Å². The number of hydrogen-bond donors (Lipinski definition) is 2. The van der Waals surface area contributed by atoms with Gasteiger partial charge < -0.3 is 20.1 Å². The summed E-state index contributed by atoms with van der Waals surface area (Å²) in [4.78, 5) is 31.4. The van der Waals surface area contributed by atoms with Crippen LogP contribution in [0.3, 0.4) is 0 Å². The van der Waals surface area contributed by atoms with Crippen LogP contribution in [-0.2, 0) is 16.1 Å². The van der Waals surface area contributed by atoms with Gasteiger partial charge in [0.2, 0.25) is 11.8 Å². The molecule has 1 atom stereocenters.